The molecule has 124 valence electrons. The predicted octanol–water partition coefficient (Wildman–Crippen LogP) is 2.55. The van der Waals surface area contributed by atoms with E-state index in [2.05, 4.69) is 5.32 Å². The van der Waals surface area contributed by atoms with Gasteiger partial charge in [-0.3, -0.25) is 4.79 Å². The van der Waals surface area contributed by atoms with Gasteiger partial charge in [0.2, 0.25) is 0 Å². The maximum atomic E-state index is 12.5. The van der Waals surface area contributed by atoms with E-state index >= 15 is 0 Å². The van der Waals surface area contributed by atoms with Gasteiger partial charge in [0.15, 0.2) is 12.1 Å². The fraction of sp³-hybridized carbons (Fsp3) is 0.263. The molecule has 2 N–H and O–H groups in total. The second-order valence-corrected chi connectivity index (χ2v) is 6.05. The molecule has 2 aromatic rings. The minimum Gasteiger partial charge on any atom is -0.480 e. The molecule has 2 aromatic carbocycles. The number of hydrogen-bond donors (Lipinski definition) is 2. The van der Waals surface area contributed by atoms with E-state index in [-0.39, 0.29) is 0 Å². The van der Waals surface area contributed by atoms with Gasteiger partial charge >= 0.3 is 5.97 Å². The van der Waals surface area contributed by atoms with Crippen LogP contribution in [0.5, 0.6) is 5.75 Å². The van der Waals surface area contributed by atoms with Crippen LogP contribution in [0, 0.1) is 13.8 Å². The Hall–Kier alpha value is -2.82. The third-order valence-corrected chi connectivity index (χ3v) is 4.31. The Kier molecular flexibility index (Phi) is 4.25. The first-order valence-electron chi connectivity index (χ1n) is 7.80. The van der Waals surface area contributed by atoms with E-state index in [1.54, 1.807) is 30.3 Å². The molecule has 24 heavy (non-hydrogen) atoms. The predicted molar refractivity (Wildman–Crippen MR) is 89.0 cm³/mol. The summed E-state index contributed by atoms with van der Waals surface area (Å²) < 4.78 is 5.72. The molecule has 2 unspecified atom stereocenters. The number of carboxylic acid groups (broad SMARTS) is 1. The minimum absolute atomic E-state index is 0.419. The van der Waals surface area contributed by atoms with Crippen LogP contribution >= 0.6 is 0 Å². The Morgan fingerprint density at radius 3 is 2.50 bits per heavy atom. The van der Waals surface area contributed by atoms with Crippen molar-refractivity contribution in [3.05, 3.63) is 64.7 Å². The molecular formula is C19H19NO4. The standard InChI is InChI=1S/C19H19NO4/c1-11-8-14-10-16(24-15(14)9-12(11)2)18(21)20-17(19(22)23)13-6-4-3-5-7-13/h3-9,16-17H,10H2,1-2H3,(H,20,21)(H,22,23). The summed E-state index contributed by atoms with van der Waals surface area (Å²) >= 11 is 0. The average Bonchev–Trinajstić information content (AvgIpc) is 2.96. The van der Waals surface area contributed by atoms with Crippen LogP contribution in [0.15, 0.2) is 42.5 Å². The molecule has 0 saturated heterocycles. The van der Waals surface area contributed by atoms with Crippen molar-refractivity contribution in [1.29, 1.82) is 0 Å². The summed E-state index contributed by atoms with van der Waals surface area (Å²) in [6.07, 6.45) is -0.254. The summed E-state index contributed by atoms with van der Waals surface area (Å²) in [5.74, 6) is -0.820. The highest BCUT2D eigenvalue weighted by Crippen LogP contribution is 2.31. The summed E-state index contributed by atoms with van der Waals surface area (Å²) in [5.41, 5.74) is 3.75. The van der Waals surface area contributed by atoms with Crippen LogP contribution in [0.1, 0.15) is 28.3 Å². The van der Waals surface area contributed by atoms with Gasteiger partial charge in [-0.2, -0.15) is 0 Å². The first kappa shape index (κ1) is 16.1. The van der Waals surface area contributed by atoms with Gasteiger partial charge in [0, 0.05) is 6.42 Å². The second kappa shape index (κ2) is 6.35. The van der Waals surface area contributed by atoms with Gasteiger partial charge in [0.05, 0.1) is 0 Å². The molecule has 0 saturated carbocycles. The molecule has 3 rings (SSSR count). The third-order valence-electron chi connectivity index (χ3n) is 4.31. The SMILES string of the molecule is Cc1cc2c(cc1C)OC(C(=O)NC(C(=O)O)c1ccccc1)C2. The van der Waals surface area contributed by atoms with E-state index in [1.807, 2.05) is 26.0 Å². The number of amides is 1. The maximum Gasteiger partial charge on any atom is 0.330 e. The monoisotopic (exact) mass is 325 g/mol. The second-order valence-electron chi connectivity index (χ2n) is 6.05. The Balaban J connectivity index is 1.74. The van der Waals surface area contributed by atoms with Gasteiger partial charge < -0.3 is 15.2 Å². The molecule has 1 aliphatic rings. The third kappa shape index (κ3) is 3.11. The summed E-state index contributed by atoms with van der Waals surface area (Å²) in [6.45, 7) is 4.00. The van der Waals surface area contributed by atoms with Gasteiger partial charge in [0.1, 0.15) is 5.75 Å². The number of nitrogens with one attached hydrogen (secondary N) is 1. The van der Waals surface area contributed by atoms with E-state index in [1.165, 1.54) is 0 Å². The number of carboxylic acids is 1. The molecule has 5 nitrogen and oxygen atoms in total. The Morgan fingerprint density at radius 1 is 1.17 bits per heavy atom. The van der Waals surface area contributed by atoms with Crippen molar-refractivity contribution in [2.75, 3.05) is 0 Å². The van der Waals surface area contributed by atoms with Crippen LogP contribution in [-0.2, 0) is 16.0 Å². The minimum atomic E-state index is -1.10. The van der Waals surface area contributed by atoms with Crippen molar-refractivity contribution in [3.63, 3.8) is 0 Å². The number of fused-ring (bicyclic) bond motifs is 1. The fourth-order valence-electron chi connectivity index (χ4n) is 2.83. The summed E-state index contributed by atoms with van der Waals surface area (Å²) in [6, 6.07) is 11.5. The largest absolute Gasteiger partial charge is 0.480 e. The van der Waals surface area contributed by atoms with Crippen molar-refractivity contribution in [2.45, 2.75) is 32.4 Å². The zero-order valence-corrected chi connectivity index (χ0v) is 13.6. The number of carbonyl (C=O) groups is 2. The summed E-state index contributed by atoms with van der Waals surface area (Å²) in [5, 5.41) is 12.0. The van der Waals surface area contributed by atoms with Crippen LogP contribution in [-0.4, -0.2) is 23.1 Å². The van der Waals surface area contributed by atoms with Crippen molar-refractivity contribution in [3.8, 4) is 5.75 Å². The molecule has 0 aromatic heterocycles. The lowest BCUT2D eigenvalue weighted by Gasteiger charge is -2.17. The van der Waals surface area contributed by atoms with Crippen molar-refractivity contribution < 1.29 is 19.4 Å². The van der Waals surface area contributed by atoms with E-state index in [0.29, 0.717) is 17.7 Å². The normalized spacial score (nSPS) is 16.8. The lowest BCUT2D eigenvalue weighted by molar-refractivity contribution is -0.143. The number of aryl methyl sites for hydroxylation is 2. The molecule has 2 atom stereocenters. The first-order chi connectivity index (χ1) is 11.5. The highest BCUT2D eigenvalue weighted by Gasteiger charge is 2.32. The highest BCUT2D eigenvalue weighted by molar-refractivity contribution is 5.88. The number of carbonyl (C=O) groups excluding carboxylic acids is 1. The number of hydrogen-bond acceptors (Lipinski definition) is 3. The van der Waals surface area contributed by atoms with Crippen molar-refractivity contribution >= 4 is 11.9 Å². The molecule has 0 radical (unpaired) electrons. The van der Waals surface area contributed by atoms with Crippen molar-refractivity contribution in [1.82, 2.24) is 5.32 Å². The quantitative estimate of drug-likeness (QED) is 0.906. The molecular weight excluding hydrogens is 306 g/mol. The van der Waals surface area contributed by atoms with E-state index in [9.17, 15) is 14.7 Å². The topological polar surface area (TPSA) is 75.6 Å². The molecule has 5 heteroatoms. The number of benzene rings is 2. The maximum absolute atomic E-state index is 12.5. The molecule has 0 aliphatic carbocycles. The van der Waals surface area contributed by atoms with E-state index in [0.717, 1.165) is 16.7 Å². The number of aliphatic carboxylic acids is 1. The van der Waals surface area contributed by atoms with Crippen LogP contribution in [0.25, 0.3) is 0 Å². The molecule has 1 aliphatic heterocycles. The summed E-state index contributed by atoms with van der Waals surface area (Å²) in [4.78, 5) is 24.0. The van der Waals surface area contributed by atoms with Gasteiger partial charge in [-0.15, -0.1) is 0 Å². The van der Waals surface area contributed by atoms with Crippen molar-refractivity contribution in [2.24, 2.45) is 0 Å². The van der Waals surface area contributed by atoms with Crippen LogP contribution in [0.4, 0.5) is 0 Å². The molecule has 1 heterocycles. The molecule has 1 amide bonds. The fourth-order valence-corrected chi connectivity index (χ4v) is 2.83. The average molecular weight is 325 g/mol. The van der Waals surface area contributed by atoms with Crippen LogP contribution in [0.2, 0.25) is 0 Å². The van der Waals surface area contributed by atoms with E-state index < -0.39 is 24.0 Å². The van der Waals surface area contributed by atoms with Gasteiger partial charge in [-0.1, -0.05) is 36.4 Å². The molecule has 0 bridgehead atoms. The van der Waals surface area contributed by atoms with Gasteiger partial charge in [-0.25, -0.2) is 4.79 Å². The first-order valence-corrected chi connectivity index (χ1v) is 7.80. The highest BCUT2D eigenvalue weighted by atomic mass is 16.5. The molecule has 0 fully saturated rings. The number of rotatable bonds is 4. The lowest BCUT2D eigenvalue weighted by atomic mass is 10.0. The van der Waals surface area contributed by atoms with Gasteiger partial charge in [0.25, 0.3) is 5.91 Å². The zero-order valence-electron chi connectivity index (χ0n) is 13.6. The summed E-state index contributed by atoms with van der Waals surface area (Å²) in [7, 11) is 0. The van der Waals surface area contributed by atoms with E-state index in [4.69, 9.17) is 4.74 Å². The van der Waals surface area contributed by atoms with Crippen LogP contribution in [0.3, 0.4) is 0 Å². The zero-order chi connectivity index (χ0) is 17.3. The smallest absolute Gasteiger partial charge is 0.330 e. The number of ether oxygens (including phenoxy) is 1. The van der Waals surface area contributed by atoms with Gasteiger partial charge in [-0.05, 0) is 42.2 Å². The van der Waals surface area contributed by atoms with Crippen LogP contribution < -0.4 is 10.1 Å². The molecule has 0 spiro atoms. The Morgan fingerprint density at radius 2 is 1.83 bits per heavy atom. The Labute approximate surface area is 140 Å². The Bertz CT molecular complexity index is 754. The lowest BCUT2D eigenvalue weighted by Crippen LogP contribution is -2.42.